The van der Waals surface area contributed by atoms with E-state index < -0.39 is 10.0 Å². The first-order valence-corrected chi connectivity index (χ1v) is 9.64. The smallest absolute Gasteiger partial charge is 0.244 e. The van der Waals surface area contributed by atoms with Crippen LogP contribution >= 0.6 is 0 Å². The Kier molecular flexibility index (Phi) is 5.11. The molecule has 0 radical (unpaired) electrons. The minimum absolute atomic E-state index is 0.232. The zero-order valence-electron chi connectivity index (χ0n) is 13.7. The van der Waals surface area contributed by atoms with Crippen LogP contribution in [0.25, 0.3) is 6.08 Å². The molecule has 128 valence electrons. The Labute approximate surface area is 142 Å². The van der Waals surface area contributed by atoms with E-state index in [1.165, 1.54) is 0 Å². The third kappa shape index (κ3) is 3.91. The molecule has 0 atom stereocenters. The number of aromatic nitrogens is 3. The highest BCUT2D eigenvalue weighted by molar-refractivity contribution is 7.89. The van der Waals surface area contributed by atoms with Crippen LogP contribution in [-0.4, -0.2) is 29.7 Å². The number of nitrogens with zero attached hydrogens (tertiary/aromatic N) is 3. The molecule has 1 saturated carbocycles. The third-order valence-corrected chi connectivity index (χ3v) is 5.68. The monoisotopic (exact) mass is 346 g/mol. The number of hydrogen-bond donors (Lipinski definition) is 1. The number of sulfonamides is 1. The SMILES string of the molecule is Cn1cc(S(=O)(=O)NCC=Cc2cccnc2)c(C2CCCC2)n1. The predicted octanol–water partition coefficient (Wildman–Crippen LogP) is 2.46. The van der Waals surface area contributed by atoms with Crippen molar-refractivity contribution in [2.45, 2.75) is 36.5 Å². The van der Waals surface area contributed by atoms with E-state index in [4.69, 9.17) is 0 Å². The highest BCUT2D eigenvalue weighted by Crippen LogP contribution is 2.36. The van der Waals surface area contributed by atoms with Gasteiger partial charge in [-0.2, -0.15) is 5.10 Å². The molecule has 2 heterocycles. The quantitative estimate of drug-likeness (QED) is 0.872. The second kappa shape index (κ2) is 7.27. The second-order valence-corrected chi connectivity index (χ2v) is 7.81. The average Bonchev–Trinajstić information content (AvgIpc) is 3.22. The highest BCUT2D eigenvalue weighted by atomic mass is 32.2. The van der Waals surface area contributed by atoms with E-state index in [-0.39, 0.29) is 12.5 Å². The Bertz CT molecular complexity index is 806. The zero-order chi connectivity index (χ0) is 17.0. The van der Waals surface area contributed by atoms with Gasteiger partial charge in [0.1, 0.15) is 4.90 Å². The van der Waals surface area contributed by atoms with Crippen LogP contribution in [0.3, 0.4) is 0 Å². The predicted molar refractivity (Wildman–Crippen MR) is 92.9 cm³/mol. The third-order valence-electron chi connectivity index (χ3n) is 4.24. The standard InChI is InChI=1S/C17H22N4O2S/c1-21-13-16(17(20-21)15-8-2-3-9-15)24(22,23)19-11-5-7-14-6-4-10-18-12-14/h4-7,10,12-13,15,19H,2-3,8-9,11H2,1H3. The molecule has 0 bridgehead atoms. The van der Waals surface area contributed by atoms with E-state index in [0.29, 0.717) is 10.6 Å². The number of aryl methyl sites for hydroxylation is 1. The van der Waals surface area contributed by atoms with Crippen molar-refractivity contribution in [2.24, 2.45) is 7.05 Å². The maximum Gasteiger partial charge on any atom is 0.244 e. The van der Waals surface area contributed by atoms with Gasteiger partial charge >= 0.3 is 0 Å². The van der Waals surface area contributed by atoms with E-state index in [1.807, 2.05) is 18.2 Å². The molecule has 0 aromatic carbocycles. The molecule has 2 aromatic rings. The van der Waals surface area contributed by atoms with Crippen molar-refractivity contribution in [3.05, 3.63) is 48.1 Å². The van der Waals surface area contributed by atoms with Gasteiger partial charge in [-0.3, -0.25) is 9.67 Å². The number of pyridine rings is 1. The fourth-order valence-corrected chi connectivity index (χ4v) is 4.32. The lowest BCUT2D eigenvalue weighted by Crippen LogP contribution is -2.24. The van der Waals surface area contributed by atoms with Crippen LogP contribution in [0.4, 0.5) is 0 Å². The molecular formula is C17H22N4O2S. The fraction of sp³-hybridized carbons (Fsp3) is 0.412. The van der Waals surface area contributed by atoms with Gasteiger partial charge in [0.2, 0.25) is 10.0 Å². The molecule has 0 spiro atoms. The minimum atomic E-state index is -3.56. The first-order chi connectivity index (χ1) is 11.6. The first kappa shape index (κ1) is 16.9. The van der Waals surface area contributed by atoms with Gasteiger partial charge in [-0.25, -0.2) is 13.1 Å². The van der Waals surface area contributed by atoms with Crippen molar-refractivity contribution >= 4 is 16.1 Å². The second-order valence-electron chi connectivity index (χ2n) is 6.07. The van der Waals surface area contributed by atoms with E-state index in [0.717, 1.165) is 31.2 Å². The summed E-state index contributed by atoms with van der Waals surface area (Å²) in [5, 5.41) is 4.41. The van der Waals surface area contributed by atoms with Gasteiger partial charge in [0.15, 0.2) is 0 Å². The Morgan fingerprint density at radius 3 is 2.88 bits per heavy atom. The van der Waals surface area contributed by atoms with Crippen LogP contribution in [-0.2, 0) is 17.1 Å². The van der Waals surface area contributed by atoms with E-state index >= 15 is 0 Å². The first-order valence-electron chi connectivity index (χ1n) is 8.16. The summed E-state index contributed by atoms with van der Waals surface area (Å²) < 4.78 is 29.5. The molecule has 0 saturated heterocycles. The van der Waals surface area contributed by atoms with Crippen LogP contribution in [0.5, 0.6) is 0 Å². The van der Waals surface area contributed by atoms with Crippen LogP contribution in [0.2, 0.25) is 0 Å². The van der Waals surface area contributed by atoms with Crippen molar-refractivity contribution in [1.82, 2.24) is 19.5 Å². The van der Waals surface area contributed by atoms with Crippen molar-refractivity contribution in [1.29, 1.82) is 0 Å². The molecule has 0 unspecified atom stereocenters. The summed E-state index contributed by atoms with van der Waals surface area (Å²) in [5.41, 5.74) is 1.64. The molecule has 24 heavy (non-hydrogen) atoms. The maximum atomic E-state index is 12.6. The summed E-state index contributed by atoms with van der Waals surface area (Å²) in [5.74, 6) is 0.253. The highest BCUT2D eigenvalue weighted by Gasteiger charge is 2.28. The summed E-state index contributed by atoms with van der Waals surface area (Å²) in [6, 6.07) is 3.75. The number of hydrogen-bond acceptors (Lipinski definition) is 4. The van der Waals surface area contributed by atoms with Crippen molar-refractivity contribution < 1.29 is 8.42 Å². The van der Waals surface area contributed by atoms with Gasteiger partial charge in [0.05, 0.1) is 5.69 Å². The molecule has 0 amide bonds. The number of rotatable bonds is 6. The Hall–Kier alpha value is -1.99. The summed E-state index contributed by atoms with van der Waals surface area (Å²) in [7, 11) is -1.80. The van der Waals surface area contributed by atoms with Crippen LogP contribution < -0.4 is 4.72 Å². The number of nitrogens with one attached hydrogen (secondary N) is 1. The van der Waals surface area contributed by atoms with E-state index in [1.54, 1.807) is 36.4 Å². The largest absolute Gasteiger partial charge is 0.274 e. The molecule has 2 aromatic heterocycles. The molecule has 0 aliphatic heterocycles. The van der Waals surface area contributed by atoms with Crippen LogP contribution in [0.1, 0.15) is 42.9 Å². The van der Waals surface area contributed by atoms with Gasteiger partial charge < -0.3 is 0 Å². The summed E-state index contributed by atoms with van der Waals surface area (Å²) >= 11 is 0. The summed E-state index contributed by atoms with van der Waals surface area (Å²) in [6.45, 7) is 0.232. The Morgan fingerprint density at radius 1 is 1.38 bits per heavy atom. The maximum absolute atomic E-state index is 12.6. The van der Waals surface area contributed by atoms with Crippen molar-refractivity contribution in [3.8, 4) is 0 Å². The van der Waals surface area contributed by atoms with Gasteiger partial charge in [-0.15, -0.1) is 0 Å². The van der Waals surface area contributed by atoms with Gasteiger partial charge in [0.25, 0.3) is 0 Å². The molecule has 7 heteroatoms. The van der Waals surface area contributed by atoms with Crippen LogP contribution in [0, 0.1) is 0 Å². The zero-order valence-corrected chi connectivity index (χ0v) is 14.5. The molecule has 6 nitrogen and oxygen atoms in total. The normalized spacial score (nSPS) is 16.2. The van der Waals surface area contributed by atoms with Crippen molar-refractivity contribution in [2.75, 3.05) is 6.54 Å². The summed E-state index contributed by atoms with van der Waals surface area (Å²) in [4.78, 5) is 4.33. The molecule has 1 aliphatic rings. The topological polar surface area (TPSA) is 76.9 Å². The lowest BCUT2D eigenvalue weighted by molar-refractivity contribution is 0.581. The molecule has 3 rings (SSSR count). The molecule has 1 aliphatic carbocycles. The Balaban J connectivity index is 1.70. The summed E-state index contributed by atoms with van der Waals surface area (Å²) in [6.07, 6.45) is 13.0. The molecular weight excluding hydrogens is 324 g/mol. The van der Waals surface area contributed by atoms with E-state index in [9.17, 15) is 8.42 Å². The van der Waals surface area contributed by atoms with E-state index in [2.05, 4.69) is 14.8 Å². The fourth-order valence-electron chi connectivity index (χ4n) is 3.08. The van der Waals surface area contributed by atoms with Crippen molar-refractivity contribution in [3.63, 3.8) is 0 Å². The Morgan fingerprint density at radius 2 is 2.17 bits per heavy atom. The molecule has 1 N–H and O–H groups in total. The average molecular weight is 346 g/mol. The lowest BCUT2D eigenvalue weighted by Gasteiger charge is -2.09. The lowest BCUT2D eigenvalue weighted by atomic mass is 10.1. The van der Waals surface area contributed by atoms with Gasteiger partial charge in [0, 0.05) is 38.1 Å². The minimum Gasteiger partial charge on any atom is -0.274 e. The van der Waals surface area contributed by atoms with Crippen LogP contribution in [0.15, 0.2) is 41.7 Å². The molecule has 1 fully saturated rings. The van der Waals surface area contributed by atoms with Gasteiger partial charge in [-0.05, 0) is 24.5 Å². The van der Waals surface area contributed by atoms with Gasteiger partial charge in [-0.1, -0.05) is 31.1 Å².